The molecule has 0 spiro atoms. The van der Waals surface area contributed by atoms with Crippen molar-refractivity contribution in [3.8, 4) is 0 Å². The van der Waals surface area contributed by atoms with Crippen LogP contribution in [0.25, 0.3) is 0 Å². The van der Waals surface area contributed by atoms with Crippen molar-refractivity contribution < 1.29 is 0 Å². The molecule has 2 unspecified atom stereocenters. The van der Waals surface area contributed by atoms with Crippen LogP contribution < -0.4 is 0 Å². The normalized spacial score (nSPS) is 49.0. The Labute approximate surface area is 133 Å². The van der Waals surface area contributed by atoms with E-state index >= 15 is 0 Å². The fourth-order valence-electron chi connectivity index (χ4n) is 6.24. The summed E-state index contributed by atoms with van der Waals surface area (Å²) in [5, 5.41) is 0. The molecule has 0 aliphatic heterocycles. The highest BCUT2D eigenvalue weighted by Gasteiger charge is 2.35. The summed E-state index contributed by atoms with van der Waals surface area (Å²) < 4.78 is 0. The molecule has 0 heteroatoms. The molecule has 3 fully saturated rings. The molecule has 21 heavy (non-hydrogen) atoms. The molecule has 0 N–H and O–H groups in total. The summed E-state index contributed by atoms with van der Waals surface area (Å²) in [5.41, 5.74) is 0. The molecule has 122 valence electrons. The molecule has 2 atom stereocenters. The van der Waals surface area contributed by atoms with Crippen molar-refractivity contribution in [3.63, 3.8) is 0 Å². The maximum Gasteiger partial charge on any atom is -0.0381 e. The van der Waals surface area contributed by atoms with E-state index < -0.39 is 0 Å². The van der Waals surface area contributed by atoms with Gasteiger partial charge in [0.15, 0.2) is 0 Å². The summed E-state index contributed by atoms with van der Waals surface area (Å²) in [4.78, 5) is 0. The SMILES string of the molecule is CC1CCC(C2CCC(C3CC(C)CC(C)C3)CC2)CC1. The zero-order valence-corrected chi connectivity index (χ0v) is 14.8. The van der Waals surface area contributed by atoms with Gasteiger partial charge in [0.1, 0.15) is 0 Å². The Morgan fingerprint density at radius 1 is 0.381 bits per heavy atom. The highest BCUT2D eigenvalue weighted by molar-refractivity contribution is 4.86. The fraction of sp³-hybridized carbons (Fsp3) is 1.00. The number of hydrogen-bond donors (Lipinski definition) is 0. The smallest absolute Gasteiger partial charge is 0.0381 e. The maximum atomic E-state index is 2.50. The maximum absolute atomic E-state index is 2.50. The van der Waals surface area contributed by atoms with Gasteiger partial charge in [-0.3, -0.25) is 0 Å². The zero-order chi connectivity index (χ0) is 14.8. The molecular weight excluding hydrogens is 252 g/mol. The van der Waals surface area contributed by atoms with Gasteiger partial charge in [-0.15, -0.1) is 0 Å². The molecular formula is C21H38. The van der Waals surface area contributed by atoms with Gasteiger partial charge in [0.05, 0.1) is 0 Å². The number of hydrogen-bond acceptors (Lipinski definition) is 0. The van der Waals surface area contributed by atoms with Crippen LogP contribution >= 0.6 is 0 Å². The van der Waals surface area contributed by atoms with Crippen LogP contribution in [0.2, 0.25) is 0 Å². The first kappa shape index (κ1) is 15.9. The Kier molecular flexibility index (Phi) is 5.33. The second-order valence-electron chi connectivity index (χ2n) is 9.37. The molecule has 0 heterocycles. The molecule has 3 saturated carbocycles. The van der Waals surface area contributed by atoms with Crippen LogP contribution in [0.3, 0.4) is 0 Å². The predicted octanol–water partition coefficient (Wildman–Crippen LogP) is 6.69. The lowest BCUT2D eigenvalue weighted by Gasteiger charge is -2.42. The van der Waals surface area contributed by atoms with E-state index in [0.29, 0.717) is 0 Å². The first-order valence-corrected chi connectivity index (χ1v) is 10.1. The third-order valence-electron chi connectivity index (χ3n) is 7.43. The van der Waals surface area contributed by atoms with Crippen LogP contribution in [-0.4, -0.2) is 0 Å². The third-order valence-corrected chi connectivity index (χ3v) is 7.43. The lowest BCUT2D eigenvalue weighted by molar-refractivity contribution is 0.0908. The van der Waals surface area contributed by atoms with Crippen molar-refractivity contribution in [1.82, 2.24) is 0 Å². The third kappa shape index (κ3) is 4.05. The minimum absolute atomic E-state index is 0.997. The quantitative estimate of drug-likeness (QED) is 0.531. The molecule has 0 saturated heterocycles. The average molecular weight is 291 g/mol. The van der Waals surface area contributed by atoms with Crippen LogP contribution in [0, 0.1) is 41.4 Å². The zero-order valence-electron chi connectivity index (χ0n) is 14.8. The van der Waals surface area contributed by atoms with Crippen molar-refractivity contribution in [1.29, 1.82) is 0 Å². The fourth-order valence-corrected chi connectivity index (χ4v) is 6.24. The van der Waals surface area contributed by atoms with Gasteiger partial charge in [-0.1, -0.05) is 33.6 Å². The molecule has 0 nitrogen and oxygen atoms in total. The van der Waals surface area contributed by atoms with Gasteiger partial charge in [-0.25, -0.2) is 0 Å². The Morgan fingerprint density at radius 3 is 1.24 bits per heavy atom. The highest BCUT2D eigenvalue weighted by atomic mass is 14.4. The van der Waals surface area contributed by atoms with Crippen molar-refractivity contribution in [2.75, 3.05) is 0 Å². The topological polar surface area (TPSA) is 0 Å². The molecule has 0 amide bonds. The van der Waals surface area contributed by atoms with E-state index in [1.54, 1.807) is 51.4 Å². The van der Waals surface area contributed by atoms with Crippen molar-refractivity contribution in [2.45, 2.75) is 91.4 Å². The van der Waals surface area contributed by atoms with Gasteiger partial charge in [0.25, 0.3) is 0 Å². The predicted molar refractivity (Wildman–Crippen MR) is 92.2 cm³/mol. The van der Waals surface area contributed by atoms with E-state index in [0.717, 1.165) is 41.4 Å². The first-order valence-electron chi connectivity index (χ1n) is 10.1. The Balaban J connectivity index is 1.46. The van der Waals surface area contributed by atoms with E-state index in [1.165, 1.54) is 19.3 Å². The van der Waals surface area contributed by atoms with Gasteiger partial charge in [0, 0.05) is 0 Å². The highest BCUT2D eigenvalue weighted by Crippen LogP contribution is 2.46. The van der Waals surface area contributed by atoms with Crippen LogP contribution in [0.4, 0.5) is 0 Å². The molecule has 3 aliphatic rings. The molecule has 0 radical (unpaired) electrons. The molecule has 3 rings (SSSR count). The monoisotopic (exact) mass is 290 g/mol. The molecule has 0 aromatic heterocycles. The van der Waals surface area contributed by atoms with E-state index in [4.69, 9.17) is 0 Å². The first-order chi connectivity index (χ1) is 10.1. The van der Waals surface area contributed by atoms with E-state index in [9.17, 15) is 0 Å². The van der Waals surface area contributed by atoms with Crippen LogP contribution in [0.1, 0.15) is 91.4 Å². The van der Waals surface area contributed by atoms with Gasteiger partial charge in [-0.05, 0) is 99.2 Å². The summed E-state index contributed by atoms with van der Waals surface area (Å²) in [6.45, 7) is 7.45. The van der Waals surface area contributed by atoms with Crippen molar-refractivity contribution in [3.05, 3.63) is 0 Å². The Hall–Kier alpha value is 0. The summed E-state index contributed by atoms with van der Waals surface area (Å²) in [6, 6.07) is 0. The minimum Gasteiger partial charge on any atom is -0.0625 e. The van der Waals surface area contributed by atoms with Gasteiger partial charge >= 0.3 is 0 Å². The van der Waals surface area contributed by atoms with E-state index in [2.05, 4.69) is 20.8 Å². The van der Waals surface area contributed by atoms with E-state index in [1.807, 2.05) is 0 Å². The second-order valence-corrected chi connectivity index (χ2v) is 9.37. The Bertz CT molecular complexity index is 294. The van der Waals surface area contributed by atoms with Gasteiger partial charge < -0.3 is 0 Å². The standard InChI is InChI=1S/C21H38/c1-15-4-6-18(7-5-15)19-8-10-20(11-9-19)21-13-16(2)12-17(3)14-21/h15-21H,4-14H2,1-3H3. The van der Waals surface area contributed by atoms with Crippen LogP contribution in [0.5, 0.6) is 0 Å². The Morgan fingerprint density at radius 2 is 0.762 bits per heavy atom. The minimum atomic E-state index is 0.997. The summed E-state index contributed by atoms with van der Waals surface area (Å²) >= 11 is 0. The van der Waals surface area contributed by atoms with Crippen LogP contribution in [-0.2, 0) is 0 Å². The lowest BCUT2D eigenvalue weighted by Crippen LogP contribution is -2.31. The van der Waals surface area contributed by atoms with Crippen molar-refractivity contribution in [2.24, 2.45) is 41.4 Å². The molecule has 0 aromatic carbocycles. The summed E-state index contributed by atoms with van der Waals surface area (Å²) in [6.07, 6.45) is 17.0. The van der Waals surface area contributed by atoms with Gasteiger partial charge in [0.2, 0.25) is 0 Å². The second kappa shape index (κ2) is 7.05. The summed E-state index contributed by atoms with van der Waals surface area (Å²) in [5.74, 6) is 7.39. The van der Waals surface area contributed by atoms with Gasteiger partial charge in [-0.2, -0.15) is 0 Å². The van der Waals surface area contributed by atoms with Crippen molar-refractivity contribution >= 4 is 0 Å². The largest absolute Gasteiger partial charge is 0.0625 e. The average Bonchev–Trinajstić information content (AvgIpc) is 2.47. The molecule has 0 aromatic rings. The van der Waals surface area contributed by atoms with E-state index in [-0.39, 0.29) is 0 Å². The lowest BCUT2D eigenvalue weighted by atomic mass is 9.64. The number of rotatable bonds is 2. The summed E-state index contributed by atoms with van der Waals surface area (Å²) in [7, 11) is 0. The molecule has 0 bridgehead atoms. The van der Waals surface area contributed by atoms with Crippen LogP contribution in [0.15, 0.2) is 0 Å². The molecule has 3 aliphatic carbocycles.